The highest BCUT2D eigenvalue weighted by atomic mass is 35.5. The molecule has 7 heteroatoms. The van der Waals surface area contributed by atoms with Gasteiger partial charge in [-0.1, -0.05) is 67.4 Å². The Morgan fingerprint density at radius 2 is 1.76 bits per heavy atom. The lowest BCUT2D eigenvalue weighted by Crippen LogP contribution is -2.50. The average molecular weight is 575 g/mol. The second-order valence-electron chi connectivity index (χ2n) is 11.6. The van der Waals surface area contributed by atoms with Gasteiger partial charge in [-0.2, -0.15) is 0 Å². The molecule has 218 valence electrons. The monoisotopic (exact) mass is 574 g/mol. The van der Waals surface area contributed by atoms with Gasteiger partial charge in [-0.25, -0.2) is 0 Å². The van der Waals surface area contributed by atoms with E-state index in [4.69, 9.17) is 11.6 Å². The van der Waals surface area contributed by atoms with Gasteiger partial charge in [0.15, 0.2) is 0 Å². The molecule has 2 aliphatic rings. The largest absolute Gasteiger partial charge is 0.350 e. The highest BCUT2D eigenvalue weighted by Gasteiger charge is 2.32. The Balaban J connectivity index is 1.26. The lowest BCUT2D eigenvalue weighted by atomic mass is 9.95. The van der Waals surface area contributed by atoms with Crippen molar-refractivity contribution in [3.05, 3.63) is 82.9 Å². The lowest BCUT2D eigenvalue weighted by Gasteiger charge is -2.31. The number of amides is 2. The summed E-state index contributed by atoms with van der Waals surface area (Å²) in [6.45, 7) is 7.25. The van der Waals surface area contributed by atoms with Crippen LogP contribution in [-0.2, 0) is 4.79 Å². The molecule has 0 aliphatic carbocycles. The number of nitrogens with zero attached hydrogens (tertiary/aromatic N) is 2. The third-order valence-electron chi connectivity index (χ3n) is 8.75. The summed E-state index contributed by atoms with van der Waals surface area (Å²) in [7, 11) is 0. The predicted molar refractivity (Wildman–Crippen MR) is 168 cm³/mol. The summed E-state index contributed by atoms with van der Waals surface area (Å²) in [6.07, 6.45) is 6.35. The molecule has 1 unspecified atom stereocenters. The maximum absolute atomic E-state index is 13.9. The Morgan fingerprint density at radius 3 is 2.54 bits per heavy atom. The third-order valence-corrected chi connectivity index (χ3v) is 8.99. The molecule has 41 heavy (non-hydrogen) atoms. The molecule has 0 spiro atoms. The Kier molecular flexibility index (Phi) is 10.3. The van der Waals surface area contributed by atoms with Crippen LogP contribution in [0.15, 0.2) is 66.7 Å². The van der Waals surface area contributed by atoms with Crippen molar-refractivity contribution in [3.8, 4) is 0 Å². The number of hydrogen-bond acceptors (Lipinski definition) is 4. The van der Waals surface area contributed by atoms with Crippen molar-refractivity contribution in [2.45, 2.75) is 63.5 Å². The van der Waals surface area contributed by atoms with Gasteiger partial charge >= 0.3 is 0 Å². The van der Waals surface area contributed by atoms with E-state index in [1.807, 2.05) is 42.5 Å². The topological polar surface area (TPSA) is 64.7 Å². The van der Waals surface area contributed by atoms with Gasteiger partial charge in [-0.15, -0.1) is 0 Å². The van der Waals surface area contributed by atoms with Crippen molar-refractivity contribution in [1.29, 1.82) is 0 Å². The standard InChI is InChI=1S/C34H43ClN4O2/c1-2-25(26-9-5-3-6-10-26)24-39-20-15-31(37-32(34(39)41)16-19-38-17-7-4-8-18-38)23-36-33(40)29-12-11-28-22-30(35)14-13-27(28)21-29/h3,5-6,9-14,21-22,25,31-32,37H,2,4,7-8,15-20,23-24H2,1H3,(H,36,40)/t25?,31-,32+/m0/s1. The number of carbonyl (C=O) groups excluding carboxylic acids is 2. The molecule has 2 aliphatic heterocycles. The van der Waals surface area contributed by atoms with Crippen molar-refractivity contribution in [2.24, 2.45) is 0 Å². The summed E-state index contributed by atoms with van der Waals surface area (Å²) in [5.41, 5.74) is 1.91. The summed E-state index contributed by atoms with van der Waals surface area (Å²) >= 11 is 6.12. The fourth-order valence-corrected chi connectivity index (χ4v) is 6.44. The van der Waals surface area contributed by atoms with Crippen LogP contribution >= 0.6 is 11.6 Å². The number of nitrogens with one attached hydrogen (secondary N) is 2. The smallest absolute Gasteiger partial charge is 0.251 e. The van der Waals surface area contributed by atoms with Gasteiger partial charge in [-0.3, -0.25) is 9.59 Å². The number of halogens is 1. The minimum absolute atomic E-state index is 0.0234. The minimum atomic E-state index is -0.250. The Bertz CT molecular complexity index is 1310. The fourth-order valence-electron chi connectivity index (χ4n) is 6.26. The van der Waals surface area contributed by atoms with Crippen molar-refractivity contribution < 1.29 is 9.59 Å². The Hall–Kier alpha value is -2.93. The molecule has 2 heterocycles. The zero-order valence-corrected chi connectivity index (χ0v) is 24.9. The maximum Gasteiger partial charge on any atom is 0.251 e. The van der Waals surface area contributed by atoms with E-state index < -0.39 is 0 Å². The molecule has 0 radical (unpaired) electrons. The van der Waals surface area contributed by atoms with E-state index in [9.17, 15) is 9.59 Å². The van der Waals surface area contributed by atoms with E-state index in [1.165, 1.54) is 24.8 Å². The summed E-state index contributed by atoms with van der Waals surface area (Å²) in [4.78, 5) is 31.6. The molecule has 0 saturated carbocycles. The van der Waals surface area contributed by atoms with Crippen LogP contribution in [0.4, 0.5) is 0 Å². The van der Waals surface area contributed by atoms with E-state index in [-0.39, 0.29) is 23.9 Å². The van der Waals surface area contributed by atoms with Crippen LogP contribution in [0.3, 0.4) is 0 Å². The number of piperidine rings is 1. The van der Waals surface area contributed by atoms with E-state index in [0.717, 1.165) is 56.2 Å². The van der Waals surface area contributed by atoms with E-state index >= 15 is 0 Å². The molecule has 3 aromatic carbocycles. The Labute approximate surface area is 249 Å². The molecule has 6 nitrogen and oxygen atoms in total. The highest BCUT2D eigenvalue weighted by molar-refractivity contribution is 6.31. The zero-order valence-electron chi connectivity index (χ0n) is 24.2. The SMILES string of the molecule is CCC(CN1CC[C@@H](CNC(=O)c2ccc3cc(Cl)ccc3c2)N[C@H](CCN2CCCCC2)C1=O)c1ccccc1. The van der Waals surface area contributed by atoms with Gasteiger partial charge in [0.1, 0.15) is 0 Å². The summed E-state index contributed by atoms with van der Waals surface area (Å²) in [5.74, 6) is 0.399. The number of likely N-dealkylation sites (tertiary alicyclic amines) is 1. The third kappa shape index (κ3) is 7.88. The molecule has 3 atom stereocenters. The van der Waals surface area contributed by atoms with E-state index in [2.05, 4.69) is 51.6 Å². The maximum atomic E-state index is 13.9. The van der Waals surface area contributed by atoms with E-state index in [1.54, 1.807) is 0 Å². The average Bonchev–Trinajstić information content (AvgIpc) is 3.16. The van der Waals surface area contributed by atoms with E-state index in [0.29, 0.717) is 29.6 Å². The second-order valence-corrected chi connectivity index (χ2v) is 12.0. The normalized spacial score (nSPS) is 21.0. The van der Waals surface area contributed by atoms with Crippen LogP contribution in [0.1, 0.15) is 67.3 Å². The van der Waals surface area contributed by atoms with Gasteiger partial charge in [0.2, 0.25) is 5.91 Å². The van der Waals surface area contributed by atoms with Gasteiger partial charge in [0.25, 0.3) is 5.91 Å². The number of hydrogen-bond donors (Lipinski definition) is 2. The fraction of sp³-hybridized carbons (Fsp3) is 0.471. The first kappa shape index (κ1) is 29.6. The van der Waals surface area contributed by atoms with Gasteiger partial charge in [0, 0.05) is 48.7 Å². The molecular weight excluding hydrogens is 532 g/mol. The first-order valence-corrected chi connectivity index (χ1v) is 15.7. The molecule has 2 amide bonds. The quantitative estimate of drug-likeness (QED) is 0.319. The molecule has 3 aromatic rings. The van der Waals surface area contributed by atoms with Gasteiger partial charge < -0.3 is 20.4 Å². The van der Waals surface area contributed by atoms with Crippen LogP contribution in [0.5, 0.6) is 0 Å². The van der Waals surface area contributed by atoms with Crippen LogP contribution in [0, 0.1) is 0 Å². The summed E-state index contributed by atoms with van der Waals surface area (Å²) in [6, 6.07) is 21.7. The van der Waals surface area contributed by atoms with Crippen LogP contribution in [-0.4, -0.2) is 73.0 Å². The molecule has 0 bridgehead atoms. The van der Waals surface area contributed by atoms with Crippen LogP contribution < -0.4 is 10.6 Å². The highest BCUT2D eigenvalue weighted by Crippen LogP contribution is 2.24. The lowest BCUT2D eigenvalue weighted by molar-refractivity contribution is -0.133. The first-order valence-electron chi connectivity index (χ1n) is 15.3. The molecule has 0 aromatic heterocycles. The van der Waals surface area contributed by atoms with Crippen LogP contribution in [0.25, 0.3) is 10.8 Å². The molecular formula is C34H43ClN4O2. The minimum Gasteiger partial charge on any atom is -0.350 e. The number of carbonyl (C=O) groups is 2. The van der Waals surface area contributed by atoms with Gasteiger partial charge in [-0.05, 0) is 85.8 Å². The first-order chi connectivity index (χ1) is 20.0. The molecule has 2 N–H and O–H groups in total. The molecule has 2 fully saturated rings. The summed E-state index contributed by atoms with van der Waals surface area (Å²) < 4.78 is 0. The number of fused-ring (bicyclic) bond motifs is 1. The Morgan fingerprint density at radius 1 is 1.00 bits per heavy atom. The van der Waals surface area contributed by atoms with Gasteiger partial charge in [0.05, 0.1) is 6.04 Å². The number of rotatable bonds is 10. The molecule has 2 saturated heterocycles. The number of benzene rings is 3. The van der Waals surface area contributed by atoms with Crippen molar-refractivity contribution >= 4 is 34.2 Å². The zero-order chi connectivity index (χ0) is 28.6. The molecule has 5 rings (SSSR count). The predicted octanol–water partition coefficient (Wildman–Crippen LogP) is 5.85. The van der Waals surface area contributed by atoms with Crippen molar-refractivity contribution in [3.63, 3.8) is 0 Å². The van der Waals surface area contributed by atoms with Crippen molar-refractivity contribution in [2.75, 3.05) is 39.3 Å². The van der Waals surface area contributed by atoms with Crippen molar-refractivity contribution in [1.82, 2.24) is 20.4 Å². The van der Waals surface area contributed by atoms with Crippen LogP contribution in [0.2, 0.25) is 5.02 Å². The summed E-state index contributed by atoms with van der Waals surface area (Å²) in [5, 5.41) is 9.48. The second kappa shape index (κ2) is 14.3.